The highest BCUT2D eigenvalue weighted by Crippen LogP contribution is 2.41. The number of rotatable bonds is 3. The van der Waals surface area contributed by atoms with Gasteiger partial charge in [0.25, 0.3) is 0 Å². The highest BCUT2D eigenvalue weighted by Gasteiger charge is 2.18. The zero-order valence-corrected chi connectivity index (χ0v) is 13.7. The summed E-state index contributed by atoms with van der Waals surface area (Å²) in [7, 11) is 1.59. The van der Waals surface area contributed by atoms with Crippen LogP contribution < -0.4 is 14.2 Å². The quantitative estimate of drug-likeness (QED) is 0.708. The normalized spacial score (nSPS) is 14.0. The van der Waals surface area contributed by atoms with Crippen LogP contribution in [0.2, 0.25) is 0 Å². The van der Waals surface area contributed by atoms with Gasteiger partial charge in [-0.3, -0.25) is 0 Å². The van der Waals surface area contributed by atoms with Gasteiger partial charge < -0.3 is 18.6 Å². The van der Waals surface area contributed by atoms with Gasteiger partial charge in [0.05, 0.1) is 7.11 Å². The SMILES string of the molecule is COc1cc(/C=C(\Cl)c2nc3ccccc3o2)cc2c1OCCO2. The van der Waals surface area contributed by atoms with E-state index in [1.807, 2.05) is 36.4 Å². The van der Waals surface area contributed by atoms with Crippen molar-refractivity contribution in [3.05, 3.63) is 47.9 Å². The first-order chi connectivity index (χ1) is 11.7. The molecular formula is C18H14ClNO4. The van der Waals surface area contributed by atoms with Crippen molar-refractivity contribution < 1.29 is 18.6 Å². The van der Waals surface area contributed by atoms with Crippen LogP contribution in [-0.4, -0.2) is 25.3 Å². The molecule has 2 heterocycles. The molecule has 1 aliphatic rings. The minimum absolute atomic E-state index is 0.367. The second-order valence-electron chi connectivity index (χ2n) is 5.23. The molecule has 0 bridgehead atoms. The van der Waals surface area contributed by atoms with Gasteiger partial charge >= 0.3 is 0 Å². The Kier molecular flexibility index (Phi) is 3.78. The Morgan fingerprint density at radius 2 is 2.04 bits per heavy atom. The van der Waals surface area contributed by atoms with Crippen molar-refractivity contribution in [2.75, 3.05) is 20.3 Å². The first kappa shape index (κ1) is 14.9. The molecule has 2 aromatic carbocycles. The number of benzene rings is 2. The van der Waals surface area contributed by atoms with E-state index in [2.05, 4.69) is 4.98 Å². The Labute approximate surface area is 143 Å². The molecule has 4 rings (SSSR count). The Hall–Kier alpha value is -2.66. The molecular weight excluding hydrogens is 330 g/mol. The molecule has 122 valence electrons. The monoisotopic (exact) mass is 343 g/mol. The van der Waals surface area contributed by atoms with Gasteiger partial charge in [-0.15, -0.1) is 0 Å². The molecule has 6 heteroatoms. The van der Waals surface area contributed by atoms with Gasteiger partial charge in [-0.25, -0.2) is 4.98 Å². The second-order valence-corrected chi connectivity index (χ2v) is 5.63. The minimum atomic E-state index is 0.367. The maximum atomic E-state index is 6.38. The van der Waals surface area contributed by atoms with E-state index in [-0.39, 0.29) is 0 Å². The average molecular weight is 344 g/mol. The van der Waals surface area contributed by atoms with Crippen LogP contribution in [0.15, 0.2) is 40.8 Å². The topological polar surface area (TPSA) is 53.7 Å². The van der Waals surface area contributed by atoms with Crippen LogP contribution in [-0.2, 0) is 0 Å². The third kappa shape index (κ3) is 2.67. The largest absolute Gasteiger partial charge is 0.493 e. The molecule has 0 amide bonds. The predicted octanol–water partition coefficient (Wildman–Crippen LogP) is 4.34. The molecule has 0 atom stereocenters. The Bertz CT molecular complexity index is 882. The first-order valence-electron chi connectivity index (χ1n) is 7.45. The fourth-order valence-corrected chi connectivity index (χ4v) is 2.77. The van der Waals surface area contributed by atoms with Crippen LogP contribution in [0.5, 0.6) is 17.2 Å². The van der Waals surface area contributed by atoms with E-state index in [4.69, 9.17) is 30.2 Å². The number of hydrogen-bond donors (Lipinski definition) is 0. The molecule has 0 saturated heterocycles. The summed E-state index contributed by atoms with van der Waals surface area (Å²) >= 11 is 6.38. The summed E-state index contributed by atoms with van der Waals surface area (Å²) in [5, 5.41) is 0.393. The molecule has 1 aromatic heterocycles. The Balaban J connectivity index is 1.74. The molecule has 3 aromatic rings. The number of aromatic nitrogens is 1. The van der Waals surface area contributed by atoms with Crippen molar-refractivity contribution in [2.24, 2.45) is 0 Å². The van der Waals surface area contributed by atoms with Crippen LogP contribution in [0, 0.1) is 0 Å². The first-order valence-corrected chi connectivity index (χ1v) is 7.83. The molecule has 0 N–H and O–H groups in total. The van der Waals surface area contributed by atoms with Gasteiger partial charge in [-0.1, -0.05) is 23.7 Å². The maximum Gasteiger partial charge on any atom is 0.238 e. The predicted molar refractivity (Wildman–Crippen MR) is 91.7 cm³/mol. The van der Waals surface area contributed by atoms with E-state index in [1.165, 1.54) is 0 Å². The summed E-state index contributed by atoms with van der Waals surface area (Å²) in [6.45, 7) is 1.00. The molecule has 1 aliphatic heterocycles. The smallest absolute Gasteiger partial charge is 0.238 e. The van der Waals surface area contributed by atoms with E-state index >= 15 is 0 Å². The summed E-state index contributed by atoms with van der Waals surface area (Å²) in [6, 6.07) is 11.2. The maximum absolute atomic E-state index is 6.38. The molecule has 5 nitrogen and oxygen atoms in total. The summed E-state index contributed by atoms with van der Waals surface area (Å²) in [5.74, 6) is 2.21. The van der Waals surface area contributed by atoms with Crippen LogP contribution in [0.4, 0.5) is 0 Å². The van der Waals surface area contributed by atoms with Crippen molar-refractivity contribution in [1.82, 2.24) is 4.98 Å². The zero-order valence-electron chi connectivity index (χ0n) is 12.9. The van der Waals surface area contributed by atoms with Gasteiger partial charge in [-0.05, 0) is 35.9 Å². The van der Waals surface area contributed by atoms with E-state index in [1.54, 1.807) is 13.2 Å². The van der Waals surface area contributed by atoms with Crippen LogP contribution in [0.3, 0.4) is 0 Å². The van der Waals surface area contributed by atoms with Gasteiger partial charge in [-0.2, -0.15) is 0 Å². The molecule has 0 radical (unpaired) electrons. The zero-order chi connectivity index (χ0) is 16.5. The lowest BCUT2D eigenvalue weighted by molar-refractivity contribution is 0.165. The third-order valence-corrected chi connectivity index (χ3v) is 3.91. The van der Waals surface area contributed by atoms with Crippen LogP contribution in [0.25, 0.3) is 22.2 Å². The highest BCUT2D eigenvalue weighted by atomic mass is 35.5. The number of fused-ring (bicyclic) bond motifs is 2. The van der Waals surface area contributed by atoms with Crippen molar-refractivity contribution in [2.45, 2.75) is 0 Å². The lowest BCUT2D eigenvalue weighted by Gasteiger charge is -2.21. The standard InChI is InChI=1S/C18H14ClNO4/c1-21-15-9-11(10-16-17(15)23-7-6-22-16)8-12(19)18-20-13-4-2-3-5-14(13)24-18/h2-5,8-10H,6-7H2,1H3/b12-8-. The van der Waals surface area contributed by atoms with Crippen molar-refractivity contribution >= 4 is 33.8 Å². The molecule has 0 fully saturated rings. The summed E-state index contributed by atoms with van der Waals surface area (Å²) < 4.78 is 22.3. The van der Waals surface area contributed by atoms with Crippen molar-refractivity contribution in [1.29, 1.82) is 0 Å². The molecule has 0 aliphatic carbocycles. The van der Waals surface area contributed by atoms with E-state index < -0.39 is 0 Å². The fraction of sp³-hybridized carbons (Fsp3) is 0.167. The van der Waals surface area contributed by atoms with Gasteiger partial charge in [0, 0.05) is 0 Å². The lowest BCUT2D eigenvalue weighted by atomic mass is 10.1. The number of hydrogen-bond acceptors (Lipinski definition) is 5. The summed E-state index contributed by atoms with van der Waals surface area (Å²) in [6.07, 6.45) is 1.76. The minimum Gasteiger partial charge on any atom is -0.493 e. The number of nitrogens with zero attached hydrogens (tertiary/aromatic N) is 1. The van der Waals surface area contributed by atoms with Gasteiger partial charge in [0.2, 0.25) is 11.6 Å². The summed E-state index contributed by atoms with van der Waals surface area (Å²) in [5.41, 5.74) is 2.26. The third-order valence-electron chi connectivity index (χ3n) is 3.64. The van der Waals surface area contributed by atoms with Crippen molar-refractivity contribution in [3.8, 4) is 17.2 Å². The number of oxazole rings is 1. The Morgan fingerprint density at radius 1 is 1.21 bits per heavy atom. The molecule has 0 saturated carbocycles. The highest BCUT2D eigenvalue weighted by molar-refractivity contribution is 6.50. The number of para-hydroxylation sites is 2. The molecule has 0 spiro atoms. The van der Waals surface area contributed by atoms with Crippen LogP contribution >= 0.6 is 11.6 Å². The number of methoxy groups -OCH3 is 1. The lowest BCUT2D eigenvalue weighted by Crippen LogP contribution is -2.16. The van der Waals surface area contributed by atoms with E-state index in [9.17, 15) is 0 Å². The average Bonchev–Trinajstić information content (AvgIpc) is 3.05. The fourth-order valence-electron chi connectivity index (χ4n) is 2.56. The molecule has 24 heavy (non-hydrogen) atoms. The van der Waals surface area contributed by atoms with E-state index in [0.717, 1.165) is 11.1 Å². The number of halogens is 1. The van der Waals surface area contributed by atoms with Gasteiger partial charge in [0.1, 0.15) is 23.8 Å². The number of ether oxygens (including phenoxy) is 3. The molecule has 0 unspecified atom stereocenters. The Morgan fingerprint density at radius 3 is 2.88 bits per heavy atom. The second kappa shape index (κ2) is 6.09. The van der Waals surface area contributed by atoms with Crippen LogP contribution in [0.1, 0.15) is 11.5 Å². The van der Waals surface area contributed by atoms with Crippen molar-refractivity contribution in [3.63, 3.8) is 0 Å². The summed E-state index contributed by atoms with van der Waals surface area (Å²) in [4.78, 5) is 4.38. The van der Waals surface area contributed by atoms with E-state index in [0.29, 0.717) is 47.0 Å². The van der Waals surface area contributed by atoms with Gasteiger partial charge in [0.15, 0.2) is 17.1 Å².